The lowest BCUT2D eigenvalue weighted by atomic mass is 10.0. The van der Waals surface area contributed by atoms with E-state index in [2.05, 4.69) is 48.1 Å². The van der Waals surface area contributed by atoms with Crippen LogP contribution in [0.2, 0.25) is 0 Å². The molecule has 3 heterocycles. The highest BCUT2D eigenvalue weighted by molar-refractivity contribution is 6.04. The maximum absolute atomic E-state index is 12.8. The third-order valence-electron chi connectivity index (χ3n) is 7.00. The molecule has 37 heavy (non-hydrogen) atoms. The minimum Gasteiger partial charge on any atom is -0.382 e. The molecule has 6 rings (SSSR count). The molecule has 0 spiro atoms. The molecule has 2 aliphatic rings. The second-order valence-electron chi connectivity index (χ2n) is 10.0. The van der Waals surface area contributed by atoms with Crippen molar-refractivity contribution in [1.29, 1.82) is 0 Å². The molecule has 5 N–H and O–H groups in total. The SMILES string of the molecule is CN1CCC(Nc2ccc(C(=O)Nc3cc(-c4nc5ccc(NC(=O)C6CC6)cc5[nH]4)n[nH]3)cc2)CC1. The average Bonchev–Trinajstić information content (AvgIpc) is 3.51. The zero-order chi connectivity index (χ0) is 25.4. The molecule has 0 bridgehead atoms. The Morgan fingerprint density at radius 1 is 0.946 bits per heavy atom. The molecule has 2 aromatic carbocycles. The maximum atomic E-state index is 12.8. The average molecular weight is 499 g/mol. The molecule has 0 unspecified atom stereocenters. The fraction of sp³-hybridized carbons (Fsp3) is 0.333. The number of aromatic amines is 2. The standard InChI is InChI=1S/C27H30N8O2/c1-35-12-10-19(11-13-35)28-18-6-4-17(5-7-18)27(37)32-24-15-23(33-34-24)25-30-21-9-8-20(14-22(21)31-25)29-26(36)16-2-3-16/h4-9,14-16,19,28H,2-3,10-13H2,1H3,(H,29,36)(H,30,31)(H2,32,33,34,37). The number of carbonyl (C=O) groups is 2. The predicted octanol–water partition coefficient (Wildman–Crippen LogP) is 4.06. The van der Waals surface area contributed by atoms with Crippen molar-refractivity contribution in [2.45, 2.75) is 31.7 Å². The van der Waals surface area contributed by atoms with E-state index in [-0.39, 0.29) is 17.7 Å². The van der Waals surface area contributed by atoms with Gasteiger partial charge >= 0.3 is 0 Å². The molecule has 1 aliphatic carbocycles. The van der Waals surface area contributed by atoms with Gasteiger partial charge < -0.3 is 25.8 Å². The quantitative estimate of drug-likeness (QED) is 0.261. The largest absolute Gasteiger partial charge is 0.382 e. The molecule has 1 aliphatic heterocycles. The highest BCUT2D eigenvalue weighted by Crippen LogP contribution is 2.31. The van der Waals surface area contributed by atoms with Crippen LogP contribution in [0.25, 0.3) is 22.6 Å². The van der Waals surface area contributed by atoms with Crippen LogP contribution in [0.15, 0.2) is 48.5 Å². The molecule has 2 amide bonds. The highest BCUT2D eigenvalue weighted by atomic mass is 16.2. The summed E-state index contributed by atoms with van der Waals surface area (Å²) in [4.78, 5) is 35.0. The summed E-state index contributed by atoms with van der Waals surface area (Å²) in [5.74, 6) is 1.04. The van der Waals surface area contributed by atoms with Crippen LogP contribution in [0.3, 0.4) is 0 Å². The molecule has 1 saturated carbocycles. The molecule has 2 aromatic heterocycles. The highest BCUT2D eigenvalue weighted by Gasteiger charge is 2.29. The molecular formula is C27H30N8O2. The van der Waals surface area contributed by atoms with Crippen molar-refractivity contribution in [3.63, 3.8) is 0 Å². The lowest BCUT2D eigenvalue weighted by molar-refractivity contribution is -0.117. The summed E-state index contributed by atoms with van der Waals surface area (Å²) in [5, 5.41) is 16.5. The van der Waals surface area contributed by atoms with E-state index in [1.807, 2.05) is 42.5 Å². The van der Waals surface area contributed by atoms with E-state index in [4.69, 9.17) is 0 Å². The second-order valence-corrected chi connectivity index (χ2v) is 10.0. The number of rotatable bonds is 7. The molecular weight excluding hydrogens is 468 g/mol. The van der Waals surface area contributed by atoms with Crippen LogP contribution in [0, 0.1) is 5.92 Å². The van der Waals surface area contributed by atoms with E-state index in [1.54, 1.807) is 6.07 Å². The summed E-state index contributed by atoms with van der Waals surface area (Å²) in [6.45, 7) is 2.19. The fourth-order valence-corrected chi connectivity index (χ4v) is 4.61. The van der Waals surface area contributed by atoms with Crippen molar-refractivity contribution >= 4 is 40.0 Å². The number of carbonyl (C=O) groups excluding carboxylic acids is 2. The van der Waals surface area contributed by atoms with Crippen LogP contribution >= 0.6 is 0 Å². The van der Waals surface area contributed by atoms with Crippen molar-refractivity contribution in [2.75, 3.05) is 36.1 Å². The van der Waals surface area contributed by atoms with Crippen molar-refractivity contribution < 1.29 is 9.59 Å². The van der Waals surface area contributed by atoms with Gasteiger partial charge in [0.25, 0.3) is 5.91 Å². The first kappa shape index (κ1) is 23.2. The second kappa shape index (κ2) is 9.70. The van der Waals surface area contributed by atoms with Gasteiger partial charge in [-0.3, -0.25) is 14.7 Å². The number of hydrogen-bond donors (Lipinski definition) is 5. The van der Waals surface area contributed by atoms with Crippen LogP contribution in [0.4, 0.5) is 17.2 Å². The summed E-state index contributed by atoms with van der Waals surface area (Å²) in [6, 6.07) is 15.3. The smallest absolute Gasteiger partial charge is 0.256 e. The number of imidazole rings is 1. The fourth-order valence-electron chi connectivity index (χ4n) is 4.61. The van der Waals surface area contributed by atoms with Crippen LogP contribution in [0.5, 0.6) is 0 Å². The summed E-state index contributed by atoms with van der Waals surface area (Å²) < 4.78 is 0. The normalized spacial score (nSPS) is 16.6. The van der Waals surface area contributed by atoms with Gasteiger partial charge in [-0.05, 0) is 88.3 Å². The monoisotopic (exact) mass is 498 g/mol. The zero-order valence-corrected chi connectivity index (χ0v) is 20.7. The summed E-state index contributed by atoms with van der Waals surface area (Å²) in [5.41, 5.74) is 4.47. The third kappa shape index (κ3) is 5.34. The lowest BCUT2D eigenvalue weighted by Crippen LogP contribution is -2.36. The van der Waals surface area contributed by atoms with Gasteiger partial charge in [-0.15, -0.1) is 0 Å². The topological polar surface area (TPSA) is 131 Å². The molecule has 2 fully saturated rings. The molecule has 0 radical (unpaired) electrons. The number of aromatic nitrogens is 4. The van der Waals surface area contributed by atoms with Crippen molar-refractivity contribution in [2.24, 2.45) is 5.92 Å². The molecule has 1 saturated heterocycles. The number of fused-ring (bicyclic) bond motifs is 1. The Bertz CT molecular complexity index is 1430. The zero-order valence-electron chi connectivity index (χ0n) is 20.7. The number of benzene rings is 2. The van der Waals surface area contributed by atoms with Crippen molar-refractivity contribution in [3.05, 3.63) is 54.1 Å². The Hall–Kier alpha value is -4.18. The number of amides is 2. The van der Waals surface area contributed by atoms with Crippen molar-refractivity contribution in [1.82, 2.24) is 25.1 Å². The number of hydrogen-bond acceptors (Lipinski definition) is 6. The van der Waals surface area contributed by atoms with Gasteiger partial charge in [-0.2, -0.15) is 5.10 Å². The van der Waals surface area contributed by atoms with Gasteiger partial charge in [-0.25, -0.2) is 4.98 Å². The molecule has 10 heteroatoms. The number of nitrogens with zero attached hydrogens (tertiary/aromatic N) is 3. The van der Waals surface area contributed by atoms with E-state index >= 15 is 0 Å². The third-order valence-corrected chi connectivity index (χ3v) is 7.00. The van der Waals surface area contributed by atoms with E-state index in [9.17, 15) is 9.59 Å². The van der Waals surface area contributed by atoms with Crippen LogP contribution in [-0.4, -0.2) is 63.1 Å². The van der Waals surface area contributed by atoms with Crippen molar-refractivity contribution in [3.8, 4) is 11.5 Å². The number of H-pyrrole nitrogens is 2. The molecule has 190 valence electrons. The molecule has 4 aromatic rings. The van der Waals surface area contributed by atoms with Gasteiger partial charge in [0, 0.05) is 35.0 Å². The number of likely N-dealkylation sites (tertiary alicyclic amines) is 1. The van der Waals surface area contributed by atoms with Gasteiger partial charge in [-0.1, -0.05) is 0 Å². The first-order valence-electron chi connectivity index (χ1n) is 12.7. The summed E-state index contributed by atoms with van der Waals surface area (Å²) in [7, 11) is 2.15. The minimum atomic E-state index is -0.221. The Balaban J connectivity index is 1.08. The van der Waals surface area contributed by atoms with E-state index in [0.29, 0.717) is 28.9 Å². The minimum absolute atomic E-state index is 0.0647. The summed E-state index contributed by atoms with van der Waals surface area (Å²) in [6.07, 6.45) is 4.15. The Labute approximate surface area is 214 Å². The summed E-state index contributed by atoms with van der Waals surface area (Å²) >= 11 is 0. The van der Waals surface area contributed by atoms with Gasteiger partial charge in [0.05, 0.1) is 11.0 Å². The molecule has 0 atom stereocenters. The first-order valence-corrected chi connectivity index (χ1v) is 12.7. The van der Waals surface area contributed by atoms with Gasteiger partial charge in [0.2, 0.25) is 5.91 Å². The number of anilines is 3. The molecule has 10 nitrogen and oxygen atoms in total. The van der Waals surface area contributed by atoms with Gasteiger partial charge in [0.1, 0.15) is 11.5 Å². The lowest BCUT2D eigenvalue weighted by Gasteiger charge is -2.30. The van der Waals surface area contributed by atoms with E-state index < -0.39 is 0 Å². The van der Waals surface area contributed by atoms with Gasteiger partial charge in [0.15, 0.2) is 5.82 Å². The Morgan fingerprint density at radius 2 is 1.70 bits per heavy atom. The maximum Gasteiger partial charge on any atom is 0.256 e. The van der Waals surface area contributed by atoms with Crippen LogP contribution in [-0.2, 0) is 4.79 Å². The first-order chi connectivity index (χ1) is 18.0. The van der Waals surface area contributed by atoms with E-state index in [0.717, 1.165) is 61.2 Å². The van der Waals surface area contributed by atoms with E-state index in [1.165, 1.54) is 0 Å². The predicted molar refractivity (Wildman–Crippen MR) is 144 cm³/mol. The Morgan fingerprint density at radius 3 is 2.46 bits per heavy atom. The Kier molecular flexibility index (Phi) is 6.09. The number of nitrogens with one attached hydrogen (secondary N) is 5. The van der Waals surface area contributed by atoms with Crippen LogP contribution < -0.4 is 16.0 Å². The van der Waals surface area contributed by atoms with Crippen LogP contribution in [0.1, 0.15) is 36.0 Å². The number of piperidine rings is 1.